The minimum Gasteiger partial charge on any atom is -0.338 e. The fourth-order valence-electron chi connectivity index (χ4n) is 5.48. The van der Waals surface area contributed by atoms with Crippen LogP contribution in [-0.4, -0.2) is 41.9 Å². The Morgan fingerprint density at radius 2 is 1.67 bits per heavy atom. The van der Waals surface area contributed by atoms with Crippen molar-refractivity contribution in [3.63, 3.8) is 0 Å². The number of nitrogens with zero attached hydrogens (tertiary/aromatic N) is 2. The van der Waals surface area contributed by atoms with E-state index in [0.29, 0.717) is 5.41 Å². The van der Waals surface area contributed by atoms with Gasteiger partial charge in [-0.3, -0.25) is 9.69 Å². The van der Waals surface area contributed by atoms with E-state index >= 15 is 0 Å². The van der Waals surface area contributed by atoms with Gasteiger partial charge in [0, 0.05) is 36.6 Å². The molecule has 3 aliphatic rings. The zero-order valence-electron chi connectivity index (χ0n) is 15.9. The third kappa shape index (κ3) is 2.94. The molecule has 0 unspecified atom stereocenters. The van der Waals surface area contributed by atoms with Gasteiger partial charge in [0.25, 0.3) is 5.91 Å². The van der Waals surface area contributed by atoms with Crippen LogP contribution in [0.2, 0.25) is 0 Å². The highest BCUT2D eigenvalue weighted by molar-refractivity contribution is 7.10. The summed E-state index contributed by atoms with van der Waals surface area (Å²) in [5.74, 6) is 0.213. The minimum atomic E-state index is 0.213. The molecule has 2 saturated heterocycles. The van der Waals surface area contributed by atoms with Crippen LogP contribution < -0.4 is 0 Å². The molecule has 1 aromatic carbocycles. The van der Waals surface area contributed by atoms with E-state index in [4.69, 9.17) is 0 Å². The quantitative estimate of drug-likeness (QED) is 0.767. The van der Waals surface area contributed by atoms with Gasteiger partial charge in [-0.05, 0) is 67.5 Å². The van der Waals surface area contributed by atoms with Gasteiger partial charge in [-0.15, -0.1) is 11.3 Å². The molecule has 0 atom stereocenters. The van der Waals surface area contributed by atoms with E-state index < -0.39 is 0 Å². The molecule has 1 saturated carbocycles. The van der Waals surface area contributed by atoms with Crippen LogP contribution in [0.5, 0.6) is 0 Å². The van der Waals surface area contributed by atoms with Crippen LogP contribution in [0.3, 0.4) is 0 Å². The molecule has 3 heterocycles. The Morgan fingerprint density at radius 1 is 0.889 bits per heavy atom. The van der Waals surface area contributed by atoms with E-state index in [-0.39, 0.29) is 11.4 Å². The molecule has 1 spiro atoms. The summed E-state index contributed by atoms with van der Waals surface area (Å²) in [4.78, 5) is 19.3. The van der Waals surface area contributed by atoms with Gasteiger partial charge < -0.3 is 4.90 Å². The highest BCUT2D eigenvalue weighted by Crippen LogP contribution is 2.54. The van der Waals surface area contributed by atoms with Gasteiger partial charge in [0.15, 0.2) is 0 Å². The molecule has 3 fully saturated rings. The Bertz CT molecular complexity index is 789. The fraction of sp³-hybridized carbons (Fsp3) is 0.522. The molecule has 5 rings (SSSR count). The van der Waals surface area contributed by atoms with Crippen molar-refractivity contribution in [2.45, 2.75) is 44.1 Å². The maximum atomic E-state index is 12.9. The van der Waals surface area contributed by atoms with E-state index in [2.05, 4.69) is 27.3 Å². The van der Waals surface area contributed by atoms with Gasteiger partial charge in [0.2, 0.25) is 0 Å². The van der Waals surface area contributed by atoms with Gasteiger partial charge in [0.05, 0.1) is 5.54 Å². The predicted octanol–water partition coefficient (Wildman–Crippen LogP) is 4.76. The lowest BCUT2D eigenvalue weighted by Crippen LogP contribution is -2.55. The molecule has 4 heteroatoms. The number of thiophene rings is 1. The van der Waals surface area contributed by atoms with Crippen LogP contribution in [0.4, 0.5) is 0 Å². The Labute approximate surface area is 166 Å². The SMILES string of the molecule is O=C(c1ccccc1)N1CCC2(CCC(c3cccs3)(N3CCC3)CC2)C1. The van der Waals surface area contributed by atoms with Crippen LogP contribution in [0.15, 0.2) is 47.8 Å². The van der Waals surface area contributed by atoms with Crippen molar-refractivity contribution in [3.8, 4) is 0 Å². The maximum Gasteiger partial charge on any atom is 0.253 e. The lowest BCUT2D eigenvalue weighted by atomic mass is 9.65. The van der Waals surface area contributed by atoms with Crippen molar-refractivity contribution in [3.05, 3.63) is 58.3 Å². The Balaban J connectivity index is 1.31. The molecule has 2 aromatic rings. The van der Waals surface area contributed by atoms with Gasteiger partial charge in [-0.2, -0.15) is 0 Å². The molecular formula is C23H28N2OS. The summed E-state index contributed by atoms with van der Waals surface area (Å²) in [6.07, 6.45) is 7.52. The molecule has 0 bridgehead atoms. The largest absolute Gasteiger partial charge is 0.338 e. The first-order chi connectivity index (χ1) is 13.2. The van der Waals surface area contributed by atoms with E-state index in [0.717, 1.165) is 18.7 Å². The molecule has 3 nitrogen and oxygen atoms in total. The zero-order chi connectivity index (χ0) is 18.3. The summed E-state index contributed by atoms with van der Waals surface area (Å²) in [7, 11) is 0. The van der Waals surface area contributed by atoms with Crippen molar-refractivity contribution >= 4 is 17.2 Å². The van der Waals surface area contributed by atoms with Crippen molar-refractivity contribution in [1.82, 2.24) is 9.80 Å². The van der Waals surface area contributed by atoms with Gasteiger partial charge in [0.1, 0.15) is 0 Å². The number of hydrogen-bond donors (Lipinski definition) is 0. The normalized spacial score (nSPS) is 31.2. The number of rotatable bonds is 3. The summed E-state index contributed by atoms with van der Waals surface area (Å²) in [6.45, 7) is 4.37. The summed E-state index contributed by atoms with van der Waals surface area (Å²) in [6, 6.07) is 14.3. The third-order valence-corrected chi connectivity index (χ3v) is 8.39. The second kappa shape index (κ2) is 6.75. The fourth-order valence-corrected chi connectivity index (χ4v) is 6.49. The van der Waals surface area contributed by atoms with Crippen LogP contribution in [-0.2, 0) is 5.54 Å². The predicted molar refractivity (Wildman–Crippen MR) is 110 cm³/mol. The van der Waals surface area contributed by atoms with Crippen molar-refractivity contribution in [2.24, 2.45) is 5.41 Å². The molecule has 0 radical (unpaired) electrons. The second-order valence-corrected chi connectivity index (χ2v) is 9.64. The summed E-state index contributed by atoms with van der Waals surface area (Å²) in [5, 5.41) is 2.23. The topological polar surface area (TPSA) is 23.6 Å². The maximum absolute atomic E-state index is 12.9. The lowest BCUT2D eigenvalue weighted by molar-refractivity contribution is -0.0290. The molecule has 1 aromatic heterocycles. The summed E-state index contributed by atoms with van der Waals surface area (Å²) < 4.78 is 0. The molecule has 2 aliphatic heterocycles. The van der Waals surface area contributed by atoms with E-state index in [9.17, 15) is 4.79 Å². The summed E-state index contributed by atoms with van der Waals surface area (Å²) in [5.41, 5.74) is 1.45. The zero-order valence-corrected chi connectivity index (χ0v) is 16.7. The molecule has 0 N–H and O–H groups in total. The highest BCUT2D eigenvalue weighted by Gasteiger charge is 2.51. The number of carbonyl (C=O) groups is 1. The molecule has 142 valence electrons. The van der Waals surface area contributed by atoms with Gasteiger partial charge in [-0.1, -0.05) is 24.3 Å². The minimum absolute atomic E-state index is 0.213. The molecule has 1 amide bonds. The average molecular weight is 381 g/mol. The number of hydrogen-bond acceptors (Lipinski definition) is 3. The Hall–Kier alpha value is -1.65. The lowest BCUT2D eigenvalue weighted by Gasteiger charge is -2.54. The number of amides is 1. The van der Waals surface area contributed by atoms with E-state index in [1.165, 1.54) is 51.6 Å². The van der Waals surface area contributed by atoms with Gasteiger partial charge >= 0.3 is 0 Å². The van der Waals surface area contributed by atoms with Crippen molar-refractivity contribution < 1.29 is 4.79 Å². The summed E-state index contributed by atoms with van der Waals surface area (Å²) >= 11 is 1.93. The number of likely N-dealkylation sites (tertiary alicyclic amines) is 2. The standard InChI is InChI=1S/C23H28N2OS/c26-21(19-6-2-1-3-7-19)24-16-13-22(18-24)9-11-23(12-10-22,25-14-5-15-25)20-8-4-17-27-20/h1-4,6-8,17H,5,9-16,18H2. The highest BCUT2D eigenvalue weighted by atomic mass is 32.1. The molecule has 1 aliphatic carbocycles. The van der Waals surface area contributed by atoms with Crippen LogP contribution in [0, 0.1) is 5.41 Å². The van der Waals surface area contributed by atoms with Crippen LogP contribution >= 0.6 is 11.3 Å². The first-order valence-electron chi connectivity index (χ1n) is 10.3. The molecule has 27 heavy (non-hydrogen) atoms. The smallest absolute Gasteiger partial charge is 0.253 e. The third-order valence-electron chi connectivity index (χ3n) is 7.33. The van der Waals surface area contributed by atoms with E-state index in [1.807, 2.05) is 41.7 Å². The van der Waals surface area contributed by atoms with E-state index in [1.54, 1.807) is 4.88 Å². The van der Waals surface area contributed by atoms with Crippen molar-refractivity contribution in [1.29, 1.82) is 0 Å². The first-order valence-corrected chi connectivity index (χ1v) is 11.2. The van der Waals surface area contributed by atoms with Crippen LogP contribution in [0.1, 0.15) is 53.8 Å². The van der Waals surface area contributed by atoms with Crippen molar-refractivity contribution in [2.75, 3.05) is 26.2 Å². The first kappa shape index (κ1) is 17.4. The number of benzene rings is 1. The second-order valence-electron chi connectivity index (χ2n) is 8.69. The monoisotopic (exact) mass is 380 g/mol. The van der Waals surface area contributed by atoms with Crippen LogP contribution in [0.25, 0.3) is 0 Å². The Kier molecular flexibility index (Phi) is 4.36. The average Bonchev–Trinajstić information content (AvgIpc) is 3.34. The molecular weight excluding hydrogens is 352 g/mol. The number of carbonyl (C=O) groups excluding carboxylic acids is 1. The van der Waals surface area contributed by atoms with Gasteiger partial charge in [-0.25, -0.2) is 0 Å². The Morgan fingerprint density at radius 3 is 2.30 bits per heavy atom.